The van der Waals surface area contributed by atoms with E-state index in [1.54, 1.807) is 6.20 Å². The summed E-state index contributed by atoms with van der Waals surface area (Å²) in [6.45, 7) is 0. The molecule has 0 bridgehead atoms. The third-order valence-electron chi connectivity index (χ3n) is 2.94. The molecule has 3 rings (SSSR count). The third kappa shape index (κ3) is 2.31. The Balaban J connectivity index is 2.04. The van der Waals surface area contributed by atoms with Gasteiger partial charge in [-0.2, -0.15) is 4.73 Å². The van der Waals surface area contributed by atoms with Crippen LogP contribution in [0.3, 0.4) is 0 Å². The molecule has 19 heavy (non-hydrogen) atoms. The van der Waals surface area contributed by atoms with Gasteiger partial charge in [-0.15, -0.1) is 0 Å². The molecule has 0 spiro atoms. The Morgan fingerprint density at radius 2 is 1.37 bits per heavy atom. The average molecular weight is 248 g/mol. The van der Waals surface area contributed by atoms with Crippen molar-refractivity contribution in [3.63, 3.8) is 0 Å². The summed E-state index contributed by atoms with van der Waals surface area (Å²) < 4.78 is 0.866. The molecule has 1 heterocycles. The van der Waals surface area contributed by atoms with Gasteiger partial charge in [-0.3, -0.25) is 0 Å². The lowest BCUT2D eigenvalue weighted by atomic mass is 10.1. The van der Waals surface area contributed by atoms with Crippen molar-refractivity contribution in [1.82, 2.24) is 4.98 Å². The van der Waals surface area contributed by atoms with Crippen LogP contribution >= 0.6 is 0 Å². The smallest absolute Gasteiger partial charge is 0.242 e. The second-order valence-electron chi connectivity index (χ2n) is 4.22. The van der Waals surface area contributed by atoms with Crippen LogP contribution in [0.4, 0.5) is 0 Å². The summed E-state index contributed by atoms with van der Waals surface area (Å²) in [6.07, 6.45) is 3.13. The Labute approximate surface area is 111 Å². The van der Waals surface area contributed by atoms with Crippen LogP contribution in [0.25, 0.3) is 22.5 Å². The van der Waals surface area contributed by atoms with Gasteiger partial charge in [-0.1, -0.05) is 48.5 Å². The van der Waals surface area contributed by atoms with Crippen LogP contribution in [0.5, 0.6) is 0 Å². The van der Waals surface area contributed by atoms with Gasteiger partial charge >= 0.3 is 0 Å². The predicted molar refractivity (Wildman–Crippen MR) is 74.1 cm³/mol. The first kappa shape index (κ1) is 11.4. The lowest BCUT2D eigenvalue weighted by Crippen LogP contribution is -2.29. The van der Waals surface area contributed by atoms with Crippen molar-refractivity contribution in [1.29, 1.82) is 0 Å². The minimum atomic E-state index is 0.556. The number of hydrogen-bond donors (Lipinski definition) is 0. The van der Waals surface area contributed by atoms with Crippen molar-refractivity contribution in [2.75, 3.05) is 0 Å². The van der Waals surface area contributed by atoms with Gasteiger partial charge in [-0.05, 0) is 12.1 Å². The molecular formula is C16H12N2O. The molecule has 2 aromatic carbocycles. The minimum absolute atomic E-state index is 0.556. The molecule has 92 valence electrons. The molecule has 0 aliphatic carbocycles. The summed E-state index contributed by atoms with van der Waals surface area (Å²) in [5.41, 5.74) is 3.03. The van der Waals surface area contributed by atoms with Gasteiger partial charge in [-0.25, -0.2) is 4.98 Å². The zero-order valence-corrected chi connectivity index (χ0v) is 10.2. The molecule has 0 aliphatic rings. The number of aromatic nitrogens is 2. The van der Waals surface area contributed by atoms with E-state index >= 15 is 0 Å². The van der Waals surface area contributed by atoms with E-state index in [1.165, 1.54) is 6.20 Å². The van der Waals surface area contributed by atoms with Gasteiger partial charge in [0.05, 0.1) is 0 Å². The number of benzene rings is 2. The maximum absolute atomic E-state index is 12.1. The lowest BCUT2D eigenvalue weighted by molar-refractivity contribution is -0.593. The summed E-state index contributed by atoms with van der Waals surface area (Å²) in [5, 5.41) is 12.1. The largest absolute Gasteiger partial charge is 0.618 e. The molecule has 0 fully saturated rings. The molecule has 0 unspecified atom stereocenters. The Kier molecular flexibility index (Phi) is 2.94. The molecule has 3 heteroatoms. The number of hydrogen-bond acceptors (Lipinski definition) is 2. The molecule has 0 N–H and O–H groups in total. The zero-order chi connectivity index (χ0) is 13.1. The number of rotatable bonds is 2. The van der Waals surface area contributed by atoms with Crippen LogP contribution in [-0.2, 0) is 0 Å². The van der Waals surface area contributed by atoms with Gasteiger partial charge < -0.3 is 5.21 Å². The van der Waals surface area contributed by atoms with Crippen LogP contribution in [0.1, 0.15) is 0 Å². The van der Waals surface area contributed by atoms with E-state index in [1.807, 2.05) is 60.7 Å². The monoisotopic (exact) mass is 248 g/mol. The van der Waals surface area contributed by atoms with Crippen molar-refractivity contribution in [2.45, 2.75) is 0 Å². The van der Waals surface area contributed by atoms with Crippen molar-refractivity contribution in [3.05, 3.63) is 78.3 Å². The summed E-state index contributed by atoms with van der Waals surface area (Å²) in [5.74, 6) is 0. The second kappa shape index (κ2) is 4.90. The van der Waals surface area contributed by atoms with Crippen molar-refractivity contribution in [2.24, 2.45) is 0 Å². The van der Waals surface area contributed by atoms with Gasteiger partial charge in [0.25, 0.3) is 0 Å². The van der Waals surface area contributed by atoms with Crippen LogP contribution in [0, 0.1) is 5.21 Å². The zero-order valence-electron chi connectivity index (χ0n) is 10.2. The molecule has 3 aromatic rings. The van der Waals surface area contributed by atoms with Crippen LogP contribution in [0.15, 0.2) is 73.1 Å². The molecule has 0 saturated heterocycles. The molecule has 0 amide bonds. The predicted octanol–water partition coefficient (Wildman–Crippen LogP) is 3.05. The average Bonchev–Trinajstić information content (AvgIpc) is 2.49. The second-order valence-corrected chi connectivity index (χ2v) is 4.22. The maximum Gasteiger partial charge on any atom is 0.242 e. The molecule has 0 saturated carbocycles. The summed E-state index contributed by atoms with van der Waals surface area (Å²) in [6, 6.07) is 19.2. The quantitative estimate of drug-likeness (QED) is 0.516. The Morgan fingerprint density at radius 1 is 0.789 bits per heavy atom. The Morgan fingerprint density at radius 3 is 1.95 bits per heavy atom. The summed E-state index contributed by atoms with van der Waals surface area (Å²) in [4.78, 5) is 4.37. The van der Waals surface area contributed by atoms with Gasteiger partial charge in [0.15, 0.2) is 0 Å². The summed E-state index contributed by atoms with van der Waals surface area (Å²) in [7, 11) is 0. The van der Waals surface area contributed by atoms with Crippen molar-refractivity contribution in [3.8, 4) is 22.5 Å². The standard InChI is InChI=1S/C16H12N2O/c19-18-12-15(13-7-3-1-4-8-13)17-11-16(18)14-9-5-2-6-10-14/h1-12H. The van der Waals surface area contributed by atoms with E-state index < -0.39 is 0 Å². The molecule has 0 radical (unpaired) electrons. The summed E-state index contributed by atoms with van der Waals surface area (Å²) >= 11 is 0. The van der Waals surface area contributed by atoms with E-state index in [0.717, 1.165) is 15.9 Å². The van der Waals surface area contributed by atoms with E-state index in [4.69, 9.17) is 0 Å². The fourth-order valence-electron chi connectivity index (χ4n) is 1.97. The van der Waals surface area contributed by atoms with Gasteiger partial charge in [0.1, 0.15) is 11.9 Å². The van der Waals surface area contributed by atoms with Crippen LogP contribution < -0.4 is 4.73 Å². The van der Waals surface area contributed by atoms with Crippen molar-refractivity contribution >= 4 is 0 Å². The highest BCUT2D eigenvalue weighted by molar-refractivity contribution is 5.60. The van der Waals surface area contributed by atoms with Crippen molar-refractivity contribution < 1.29 is 4.73 Å². The molecule has 0 atom stereocenters. The van der Waals surface area contributed by atoms with E-state index in [9.17, 15) is 5.21 Å². The number of nitrogens with zero attached hydrogens (tertiary/aromatic N) is 2. The highest BCUT2D eigenvalue weighted by Crippen LogP contribution is 2.18. The third-order valence-corrected chi connectivity index (χ3v) is 2.94. The van der Waals surface area contributed by atoms with E-state index in [0.29, 0.717) is 11.4 Å². The molecular weight excluding hydrogens is 236 g/mol. The van der Waals surface area contributed by atoms with Gasteiger partial charge in [0, 0.05) is 11.1 Å². The topological polar surface area (TPSA) is 39.8 Å². The van der Waals surface area contributed by atoms with E-state index in [-0.39, 0.29) is 0 Å². The fraction of sp³-hybridized carbons (Fsp3) is 0. The first-order valence-electron chi connectivity index (χ1n) is 6.04. The molecule has 0 aliphatic heterocycles. The first-order chi connectivity index (χ1) is 9.34. The van der Waals surface area contributed by atoms with Crippen LogP contribution in [0.2, 0.25) is 0 Å². The van der Waals surface area contributed by atoms with Crippen LogP contribution in [-0.4, -0.2) is 4.98 Å². The highest BCUT2D eigenvalue weighted by Gasteiger charge is 2.11. The SMILES string of the molecule is [O-][n+]1cc(-c2ccccc2)ncc1-c1ccccc1. The van der Waals surface area contributed by atoms with Gasteiger partial charge in [0.2, 0.25) is 11.9 Å². The molecule has 1 aromatic heterocycles. The van der Waals surface area contributed by atoms with E-state index in [2.05, 4.69) is 4.98 Å². The first-order valence-corrected chi connectivity index (χ1v) is 6.04. The fourth-order valence-corrected chi connectivity index (χ4v) is 1.97. The minimum Gasteiger partial charge on any atom is -0.618 e. The maximum atomic E-state index is 12.1. The Hall–Kier alpha value is -2.68. The Bertz CT molecular complexity index is 682. The normalized spacial score (nSPS) is 10.3. The lowest BCUT2D eigenvalue weighted by Gasteiger charge is -2.06. The highest BCUT2D eigenvalue weighted by atomic mass is 16.5. The molecule has 3 nitrogen and oxygen atoms in total.